The van der Waals surface area contributed by atoms with Crippen LogP contribution in [0.2, 0.25) is 0 Å². The number of nitrogen functional groups attached to an aromatic ring is 1. The summed E-state index contributed by atoms with van der Waals surface area (Å²) in [5, 5.41) is 3.06. The summed E-state index contributed by atoms with van der Waals surface area (Å²) in [5.41, 5.74) is 5.42. The molecule has 0 saturated carbocycles. The van der Waals surface area contributed by atoms with Crippen LogP contribution in [0.4, 0.5) is 11.5 Å². The molecule has 0 amide bonds. The molecule has 0 unspecified atom stereocenters. The highest BCUT2D eigenvalue weighted by Crippen LogP contribution is 2.18. The molecule has 2 heterocycles. The number of hydrogen-bond donors (Lipinski definition) is 3. The number of H-pyrrole nitrogens is 1. The molecule has 0 aliphatic heterocycles. The van der Waals surface area contributed by atoms with E-state index in [9.17, 15) is 4.79 Å². The van der Waals surface area contributed by atoms with E-state index in [0.29, 0.717) is 12.4 Å². The minimum atomic E-state index is -0.317. The zero-order valence-electron chi connectivity index (χ0n) is 9.49. The Morgan fingerprint density at radius 3 is 2.94 bits per heavy atom. The van der Waals surface area contributed by atoms with E-state index >= 15 is 0 Å². The molecule has 2 aromatic rings. The monoisotopic (exact) mass is 250 g/mol. The third kappa shape index (κ3) is 2.65. The molecule has 0 aliphatic carbocycles. The Morgan fingerprint density at radius 1 is 1.47 bits per heavy atom. The Morgan fingerprint density at radius 2 is 2.24 bits per heavy atom. The van der Waals surface area contributed by atoms with Crippen LogP contribution in [0.1, 0.15) is 16.7 Å². The van der Waals surface area contributed by atoms with Crippen molar-refractivity contribution >= 4 is 22.8 Å². The van der Waals surface area contributed by atoms with Crippen molar-refractivity contribution in [3.8, 4) is 0 Å². The van der Waals surface area contributed by atoms with Gasteiger partial charge in [0.05, 0.1) is 12.9 Å². The molecule has 0 fully saturated rings. The van der Waals surface area contributed by atoms with Gasteiger partial charge in [0.15, 0.2) is 5.82 Å². The number of aryl methyl sites for hydroxylation is 1. The van der Waals surface area contributed by atoms with Crippen LogP contribution in [0, 0.1) is 0 Å². The van der Waals surface area contributed by atoms with E-state index in [2.05, 4.69) is 34.3 Å². The molecular formula is C11H14N4OS. The molecule has 0 aliphatic rings. The fourth-order valence-electron chi connectivity index (χ4n) is 1.43. The normalized spacial score (nSPS) is 10.4. The van der Waals surface area contributed by atoms with Crippen LogP contribution in [0.3, 0.4) is 0 Å². The van der Waals surface area contributed by atoms with Gasteiger partial charge in [-0.1, -0.05) is 6.92 Å². The molecule has 90 valence electrons. The number of rotatable bonds is 4. The van der Waals surface area contributed by atoms with Gasteiger partial charge in [-0.2, -0.15) is 0 Å². The first-order chi connectivity index (χ1) is 8.20. The van der Waals surface area contributed by atoms with Crippen LogP contribution in [-0.2, 0) is 13.0 Å². The second-order valence-electron chi connectivity index (χ2n) is 3.57. The molecule has 4 N–H and O–H groups in total. The molecule has 0 radical (unpaired) electrons. The number of aromatic amines is 1. The molecule has 2 rings (SSSR count). The van der Waals surface area contributed by atoms with Crippen molar-refractivity contribution in [2.75, 3.05) is 11.1 Å². The van der Waals surface area contributed by atoms with E-state index in [1.54, 1.807) is 11.3 Å². The number of thiophene rings is 1. The highest BCUT2D eigenvalue weighted by atomic mass is 32.1. The van der Waals surface area contributed by atoms with E-state index in [1.165, 1.54) is 16.1 Å². The lowest BCUT2D eigenvalue weighted by molar-refractivity contribution is 1.08. The lowest BCUT2D eigenvalue weighted by Gasteiger charge is -2.05. The highest BCUT2D eigenvalue weighted by Gasteiger charge is 2.04. The summed E-state index contributed by atoms with van der Waals surface area (Å²) in [6.07, 6.45) is 2.38. The lowest BCUT2D eigenvalue weighted by Crippen LogP contribution is -2.15. The van der Waals surface area contributed by atoms with Crippen LogP contribution in [-0.4, -0.2) is 9.97 Å². The molecule has 0 aromatic carbocycles. The van der Waals surface area contributed by atoms with Crippen molar-refractivity contribution < 1.29 is 0 Å². The third-order valence-corrected chi connectivity index (χ3v) is 3.61. The summed E-state index contributed by atoms with van der Waals surface area (Å²) in [6.45, 7) is 2.75. The van der Waals surface area contributed by atoms with Gasteiger partial charge in [0.1, 0.15) is 5.69 Å². The van der Waals surface area contributed by atoms with E-state index in [1.807, 2.05) is 0 Å². The average Bonchev–Trinajstić information content (AvgIpc) is 2.79. The second kappa shape index (κ2) is 5.01. The van der Waals surface area contributed by atoms with Crippen LogP contribution in [0.25, 0.3) is 0 Å². The first-order valence-electron chi connectivity index (χ1n) is 5.35. The number of nitrogens with one attached hydrogen (secondary N) is 2. The predicted octanol–water partition coefficient (Wildman–Crippen LogP) is 1.59. The Hall–Kier alpha value is -1.82. The smallest absolute Gasteiger partial charge is 0.276 e. The molecule has 6 heteroatoms. The molecule has 5 nitrogen and oxygen atoms in total. The average molecular weight is 250 g/mol. The molecule has 0 atom stereocenters. The summed E-state index contributed by atoms with van der Waals surface area (Å²) in [5.74, 6) is 0.431. The van der Waals surface area contributed by atoms with E-state index in [4.69, 9.17) is 5.73 Å². The SMILES string of the molecule is CCc1ccc(CNc2nc[nH]c(=O)c2N)s1. The minimum absolute atomic E-state index is 0.125. The van der Waals surface area contributed by atoms with Gasteiger partial charge in [-0.15, -0.1) is 11.3 Å². The molecular weight excluding hydrogens is 236 g/mol. The van der Waals surface area contributed by atoms with Gasteiger partial charge in [-0.05, 0) is 18.6 Å². The Labute approximate surface area is 103 Å². The zero-order chi connectivity index (χ0) is 12.3. The predicted molar refractivity (Wildman–Crippen MR) is 70.3 cm³/mol. The molecule has 0 spiro atoms. The van der Waals surface area contributed by atoms with Crippen molar-refractivity contribution in [1.82, 2.24) is 9.97 Å². The molecule has 0 bridgehead atoms. The van der Waals surface area contributed by atoms with E-state index in [-0.39, 0.29) is 11.2 Å². The first kappa shape index (κ1) is 11.7. The summed E-state index contributed by atoms with van der Waals surface area (Å²) in [7, 11) is 0. The maximum Gasteiger partial charge on any atom is 0.276 e. The van der Waals surface area contributed by atoms with Crippen molar-refractivity contribution in [2.24, 2.45) is 0 Å². The van der Waals surface area contributed by atoms with Crippen LogP contribution in [0.15, 0.2) is 23.3 Å². The number of hydrogen-bond acceptors (Lipinski definition) is 5. The third-order valence-electron chi connectivity index (χ3n) is 2.38. The summed E-state index contributed by atoms with van der Waals surface area (Å²) in [6, 6.07) is 4.18. The zero-order valence-corrected chi connectivity index (χ0v) is 10.3. The first-order valence-corrected chi connectivity index (χ1v) is 6.17. The largest absolute Gasteiger partial charge is 0.391 e. The highest BCUT2D eigenvalue weighted by molar-refractivity contribution is 7.12. The van der Waals surface area contributed by atoms with E-state index in [0.717, 1.165) is 6.42 Å². The van der Waals surface area contributed by atoms with Crippen LogP contribution in [0.5, 0.6) is 0 Å². The summed E-state index contributed by atoms with van der Waals surface area (Å²) in [4.78, 5) is 20.2. The van der Waals surface area contributed by atoms with Gasteiger partial charge in [0, 0.05) is 9.75 Å². The van der Waals surface area contributed by atoms with Crippen molar-refractivity contribution in [2.45, 2.75) is 19.9 Å². The molecule has 2 aromatic heterocycles. The topological polar surface area (TPSA) is 83.8 Å². The number of anilines is 2. The van der Waals surface area contributed by atoms with Crippen LogP contribution < -0.4 is 16.6 Å². The quantitative estimate of drug-likeness (QED) is 0.769. The number of nitrogens with zero attached hydrogens (tertiary/aromatic N) is 1. The van der Waals surface area contributed by atoms with Gasteiger partial charge in [0.25, 0.3) is 5.56 Å². The Bertz CT molecular complexity index is 561. The van der Waals surface area contributed by atoms with Crippen LogP contribution >= 0.6 is 11.3 Å². The van der Waals surface area contributed by atoms with E-state index < -0.39 is 0 Å². The fourth-order valence-corrected chi connectivity index (χ4v) is 2.33. The van der Waals surface area contributed by atoms with Crippen molar-refractivity contribution in [3.63, 3.8) is 0 Å². The standard InChI is InChI=1S/C11H14N4OS/c1-2-7-3-4-8(17-7)5-13-10-9(12)11(16)15-6-14-10/h3-4,6H,2,5,12H2,1H3,(H2,13,14,15,16). The Kier molecular flexibility index (Phi) is 3.43. The summed E-state index contributed by atoms with van der Waals surface area (Å²) < 4.78 is 0. The van der Waals surface area contributed by atoms with Gasteiger partial charge in [0.2, 0.25) is 0 Å². The van der Waals surface area contributed by atoms with Gasteiger partial charge in [-0.25, -0.2) is 4.98 Å². The fraction of sp³-hybridized carbons (Fsp3) is 0.273. The maximum absolute atomic E-state index is 11.2. The summed E-state index contributed by atoms with van der Waals surface area (Å²) >= 11 is 1.75. The maximum atomic E-state index is 11.2. The van der Waals surface area contributed by atoms with Crippen molar-refractivity contribution in [3.05, 3.63) is 38.6 Å². The number of aromatic nitrogens is 2. The van der Waals surface area contributed by atoms with Gasteiger partial charge >= 0.3 is 0 Å². The lowest BCUT2D eigenvalue weighted by atomic mass is 10.3. The van der Waals surface area contributed by atoms with Gasteiger partial charge in [-0.3, -0.25) is 4.79 Å². The second-order valence-corrected chi connectivity index (χ2v) is 4.82. The Balaban J connectivity index is 2.07. The molecule has 0 saturated heterocycles. The van der Waals surface area contributed by atoms with Gasteiger partial charge < -0.3 is 16.0 Å². The minimum Gasteiger partial charge on any atom is -0.391 e. The molecule has 17 heavy (non-hydrogen) atoms. The number of nitrogens with two attached hydrogens (primary N) is 1. The van der Waals surface area contributed by atoms with Crippen molar-refractivity contribution in [1.29, 1.82) is 0 Å².